The van der Waals surface area contributed by atoms with Crippen LogP contribution in [0.5, 0.6) is 0 Å². The van der Waals surface area contributed by atoms with E-state index in [0.29, 0.717) is 5.88 Å². The Hall–Kier alpha value is -1.26. The number of thiazole rings is 1. The zero-order chi connectivity index (χ0) is 13.1. The molecule has 0 spiro atoms. The largest absolute Gasteiger partial charge is 0.368 e. The average molecular weight is 294 g/mol. The molecule has 100 valence electrons. The molecule has 3 nitrogen and oxygen atoms in total. The molecular formula is C14H16ClN3S. The van der Waals surface area contributed by atoms with Gasteiger partial charge < -0.3 is 9.80 Å². The van der Waals surface area contributed by atoms with E-state index in [-0.39, 0.29) is 0 Å². The highest BCUT2D eigenvalue weighted by Gasteiger charge is 2.20. The Morgan fingerprint density at radius 3 is 2.53 bits per heavy atom. The molecule has 0 amide bonds. The first-order chi connectivity index (χ1) is 9.38. The fourth-order valence-electron chi connectivity index (χ4n) is 2.44. The van der Waals surface area contributed by atoms with Gasteiger partial charge in [0.2, 0.25) is 0 Å². The van der Waals surface area contributed by atoms with E-state index < -0.39 is 0 Å². The van der Waals surface area contributed by atoms with Crippen molar-refractivity contribution >= 4 is 33.8 Å². The van der Waals surface area contributed by atoms with Gasteiger partial charge in [0.05, 0.1) is 0 Å². The molecule has 1 fully saturated rings. The smallest absolute Gasteiger partial charge is 0.185 e. The SMILES string of the molecule is ClCc1ccccc1N1CCN(c2nccs2)CC1. The Labute approximate surface area is 122 Å². The fraction of sp³-hybridized carbons (Fsp3) is 0.357. The summed E-state index contributed by atoms with van der Waals surface area (Å²) in [5, 5.41) is 3.16. The molecule has 0 radical (unpaired) electrons. The second kappa shape index (κ2) is 5.80. The molecule has 5 heteroatoms. The fourth-order valence-corrected chi connectivity index (χ4v) is 3.37. The molecule has 1 saturated heterocycles. The van der Waals surface area contributed by atoms with Crippen LogP contribution in [-0.4, -0.2) is 31.2 Å². The Morgan fingerprint density at radius 2 is 1.84 bits per heavy atom. The van der Waals surface area contributed by atoms with Crippen molar-refractivity contribution in [3.05, 3.63) is 41.4 Å². The molecule has 0 bridgehead atoms. The monoisotopic (exact) mass is 293 g/mol. The lowest BCUT2D eigenvalue weighted by molar-refractivity contribution is 0.651. The lowest BCUT2D eigenvalue weighted by Crippen LogP contribution is -2.46. The molecule has 0 aliphatic carbocycles. The van der Waals surface area contributed by atoms with E-state index in [0.717, 1.165) is 31.3 Å². The maximum atomic E-state index is 6.02. The number of halogens is 1. The number of aromatic nitrogens is 1. The van der Waals surface area contributed by atoms with Crippen LogP contribution in [0.4, 0.5) is 10.8 Å². The average Bonchev–Trinajstić information content (AvgIpc) is 3.02. The first kappa shape index (κ1) is 12.8. The van der Waals surface area contributed by atoms with Crippen molar-refractivity contribution < 1.29 is 0 Å². The number of nitrogens with zero attached hydrogens (tertiary/aromatic N) is 3. The van der Waals surface area contributed by atoms with Gasteiger partial charge in [0.1, 0.15) is 0 Å². The van der Waals surface area contributed by atoms with Crippen LogP contribution < -0.4 is 9.80 Å². The maximum Gasteiger partial charge on any atom is 0.185 e. The van der Waals surface area contributed by atoms with Gasteiger partial charge in [-0.15, -0.1) is 22.9 Å². The van der Waals surface area contributed by atoms with E-state index in [1.54, 1.807) is 11.3 Å². The topological polar surface area (TPSA) is 19.4 Å². The van der Waals surface area contributed by atoms with E-state index in [9.17, 15) is 0 Å². The quantitative estimate of drug-likeness (QED) is 0.810. The second-order valence-electron chi connectivity index (χ2n) is 4.55. The van der Waals surface area contributed by atoms with Gasteiger partial charge >= 0.3 is 0 Å². The normalized spacial score (nSPS) is 15.8. The molecule has 0 atom stereocenters. The van der Waals surface area contributed by atoms with E-state index >= 15 is 0 Å². The minimum atomic E-state index is 0.572. The molecule has 1 aromatic carbocycles. The van der Waals surface area contributed by atoms with E-state index in [4.69, 9.17) is 11.6 Å². The molecule has 2 heterocycles. The first-order valence-corrected chi connectivity index (χ1v) is 7.83. The number of hydrogen-bond donors (Lipinski definition) is 0. The summed E-state index contributed by atoms with van der Waals surface area (Å²) in [6.07, 6.45) is 1.87. The van der Waals surface area contributed by atoms with Gasteiger partial charge in [0.25, 0.3) is 0 Å². The zero-order valence-electron chi connectivity index (χ0n) is 10.6. The van der Waals surface area contributed by atoms with Crippen LogP contribution in [-0.2, 0) is 5.88 Å². The Balaban J connectivity index is 1.70. The summed E-state index contributed by atoms with van der Waals surface area (Å²) in [4.78, 5) is 9.15. The molecular weight excluding hydrogens is 278 g/mol. The third-order valence-corrected chi connectivity index (χ3v) is 4.57. The highest BCUT2D eigenvalue weighted by Crippen LogP contribution is 2.25. The highest BCUT2D eigenvalue weighted by molar-refractivity contribution is 7.13. The van der Waals surface area contributed by atoms with Crippen molar-refractivity contribution in [1.29, 1.82) is 0 Å². The van der Waals surface area contributed by atoms with Crippen molar-refractivity contribution in [3.63, 3.8) is 0 Å². The van der Waals surface area contributed by atoms with Crippen molar-refractivity contribution in [1.82, 2.24) is 4.98 Å². The number of hydrogen-bond acceptors (Lipinski definition) is 4. The number of rotatable bonds is 3. The third-order valence-electron chi connectivity index (χ3n) is 3.45. The second-order valence-corrected chi connectivity index (χ2v) is 5.69. The molecule has 3 rings (SSSR count). The lowest BCUT2D eigenvalue weighted by Gasteiger charge is -2.36. The van der Waals surface area contributed by atoms with Crippen molar-refractivity contribution in [2.45, 2.75) is 5.88 Å². The van der Waals surface area contributed by atoms with Crippen LogP contribution in [0.1, 0.15) is 5.56 Å². The Bertz CT molecular complexity index is 521. The summed E-state index contributed by atoms with van der Waals surface area (Å²) in [5.41, 5.74) is 2.49. The van der Waals surface area contributed by atoms with Gasteiger partial charge in [-0.25, -0.2) is 4.98 Å². The lowest BCUT2D eigenvalue weighted by atomic mass is 10.1. The summed E-state index contributed by atoms with van der Waals surface area (Å²) in [5.74, 6) is 0.572. The highest BCUT2D eigenvalue weighted by atomic mass is 35.5. The van der Waals surface area contributed by atoms with Gasteiger partial charge in [0, 0.05) is 49.3 Å². The zero-order valence-corrected chi connectivity index (χ0v) is 12.2. The minimum absolute atomic E-state index is 0.572. The van der Waals surface area contributed by atoms with Gasteiger partial charge in [-0.1, -0.05) is 18.2 Å². The van der Waals surface area contributed by atoms with Gasteiger partial charge in [-0.05, 0) is 11.6 Å². The number of anilines is 2. The van der Waals surface area contributed by atoms with Gasteiger partial charge in [0.15, 0.2) is 5.13 Å². The van der Waals surface area contributed by atoms with Crippen molar-refractivity contribution in [2.24, 2.45) is 0 Å². The molecule has 0 unspecified atom stereocenters. The van der Waals surface area contributed by atoms with Crippen LogP contribution in [0.25, 0.3) is 0 Å². The number of benzene rings is 1. The first-order valence-electron chi connectivity index (χ1n) is 6.42. The third kappa shape index (κ3) is 2.69. The number of piperazine rings is 1. The molecule has 19 heavy (non-hydrogen) atoms. The van der Waals surface area contributed by atoms with Crippen molar-refractivity contribution in [3.8, 4) is 0 Å². The summed E-state index contributed by atoms with van der Waals surface area (Å²) in [6, 6.07) is 8.40. The van der Waals surface area contributed by atoms with E-state index in [2.05, 4.69) is 33.0 Å². The Morgan fingerprint density at radius 1 is 1.11 bits per heavy atom. The molecule has 0 N–H and O–H groups in total. The van der Waals surface area contributed by atoms with Gasteiger partial charge in [-0.3, -0.25) is 0 Å². The van der Waals surface area contributed by atoms with E-state index in [1.165, 1.54) is 11.3 Å². The molecule has 1 aliphatic rings. The van der Waals surface area contributed by atoms with E-state index in [1.807, 2.05) is 17.6 Å². The molecule has 1 aromatic heterocycles. The predicted octanol–water partition coefficient (Wildman–Crippen LogP) is 3.21. The summed E-state index contributed by atoms with van der Waals surface area (Å²) in [6.45, 7) is 4.08. The predicted molar refractivity (Wildman–Crippen MR) is 82.5 cm³/mol. The van der Waals surface area contributed by atoms with Crippen LogP contribution in [0.15, 0.2) is 35.8 Å². The summed E-state index contributed by atoms with van der Waals surface area (Å²) >= 11 is 7.73. The van der Waals surface area contributed by atoms with Gasteiger partial charge in [-0.2, -0.15) is 0 Å². The van der Waals surface area contributed by atoms with Crippen molar-refractivity contribution in [2.75, 3.05) is 36.0 Å². The molecule has 0 saturated carbocycles. The number of para-hydroxylation sites is 1. The standard InChI is InChI=1S/C14H16ClN3S/c15-11-12-3-1-2-4-13(12)17-6-8-18(9-7-17)14-16-5-10-19-14/h1-5,10H,6-9,11H2. The van der Waals surface area contributed by atoms with Crippen LogP contribution in [0.2, 0.25) is 0 Å². The summed E-state index contributed by atoms with van der Waals surface area (Å²) < 4.78 is 0. The minimum Gasteiger partial charge on any atom is -0.368 e. The van der Waals surface area contributed by atoms with Crippen LogP contribution in [0.3, 0.4) is 0 Å². The number of alkyl halides is 1. The summed E-state index contributed by atoms with van der Waals surface area (Å²) in [7, 11) is 0. The Kier molecular flexibility index (Phi) is 3.89. The molecule has 2 aromatic rings. The molecule has 1 aliphatic heterocycles. The van der Waals surface area contributed by atoms with Crippen LogP contribution >= 0.6 is 22.9 Å². The maximum absolute atomic E-state index is 6.02. The van der Waals surface area contributed by atoms with Crippen LogP contribution in [0, 0.1) is 0 Å².